The van der Waals surface area contributed by atoms with Crippen molar-refractivity contribution in [3.63, 3.8) is 0 Å². The maximum absolute atomic E-state index is 10.2. The van der Waals surface area contributed by atoms with Gasteiger partial charge in [0.05, 0.1) is 0 Å². The predicted octanol–water partition coefficient (Wildman–Crippen LogP) is 1.14. The van der Waals surface area contributed by atoms with Gasteiger partial charge in [-0.1, -0.05) is 6.08 Å². The molecule has 0 radical (unpaired) electrons. The first kappa shape index (κ1) is 11.5. The second-order valence-corrected chi connectivity index (χ2v) is 2.89. The molecule has 0 saturated carbocycles. The number of nitrogens with zero attached hydrogens (tertiary/aromatic N) is 1. The third-order valence-electron chi connectivity index (χ3n) is 2.04. The van der Waals surface area contributed by atoms with E-state index in [9.17, 15) is 4.79 Å². The topological polar surface area (TPSA) is 40.5 Å². The van der Waals surface area contributed by atoms with Crippen LogP contribution in [0.4, 0.5) is 0 Å². The third-order valence-corrected chi connectivity index (χ3v) is 2.04. The zero-order valence-electron chi connectivity index (χ0n) is 7.06. The van der Waals surface area contributed by atoms with Gasteiger partial charge in [-0.2, -0.15) is 0 Å². The number of likely N-dealkylation sites (N-methyl/N-ethyl adjacent to an activating group) is 1. The average Bonchev–Trinajstić information content (AvgIpc) is 2.31. The second kappa shape index (κ2) is 5.17. The maximum Gasteiger partial charge on any atom is 0.328 e. The van der Waals surface area contributed by atoms with Crippen molar-refractivity contribution in [3.8, 4) is 0 Å². The smallest absolute Gasteiger partial charge is 0.328 e. The van der Waals surface area contributed by atoms with Gasteiger partial charge in [-0.3, -0.25) is 4.90 Å². The Bertz CT molecular complexity index is 182. The van der Waals surface area contributed by atoms with Crippen molar-refractivity contribution in [2.75, 3.05) is 13.6 Å². The number of rotatable bonds is 2. The van der Waals surface area contributed by atoms with Crippen LogP contribution in [-0.4, -0.2) is 35.6 Å². The molecule has 0 aliphatic carbocycles. The van der Waals surface area contributed by atoms with E-state index < -0.39 is 5.97 Å². The first-order chi connectivity index (χ1) is 5.20. The van der Waals surface area contributed by atoms with Gasteiger partial charge in [0, 0.05) is 12.1 Å². The van der Waals surface area contributed by atoms with E-state index in [-0.39, 0.29) is 12.4 Å². The fourth-order valence-electron chi connectivity index (χ4n) is 1.37. The fourth-order valence-corrected chi connectivity index (χ4v) is 1.37. The molecule has 1 atom stereocenters. The molecule has 12 heavy (non-hydrogen) atoms. The molecular formula is C8H14ClNO2. The molecule has 0 bridgehead atoms. The van der Waals surface area contributed by atoms with Crippen molar-refractivity contribution in [2.24, 2.45) is 0 Å². The summed E-state index contributed by atoms with van der Waals surface area (Å²) in [6, 6.07) is 0.339. The summed E-state index contributed by atoms with van der Waals surface area (Å²) >= 11 is 0. The summed E-state index contributed by atoms with van der Waals surface area (Å²) < 4.78 is 0. The largest absolute Gasteiger partial charge is 0.478 e. The second-order valence-electron chi connectivity index (χ2n) is 2.89. The number of carboxylic acid groups (broad SMARTS) is 1. The highest BCUT2D eigenvalue weighted by molar-refractivity contribution is 5.85. The summed E-state index contributed by atoms with van der Waals surface area (Å²) in [4.78, 5) is 12.3. The quantitative estimate of drug-likeness (QED) is 0.666. The molecule has 1 saturated heterocycles. The molecule has 1 fully saturated rings. The van der Waals surface area contributed by atoms with Crippen LogP contribution in [0.25, 0.3) is 0 Å². The number of hydrogen-bond acceptors (Lipinski definition) is 2. The molecule has 4 heteroatoms. The highest BCUT2D eigenvalue weighted by atomic mass is 35.5. The molecule has 0 unspecified atom stereocenters. The van der Waals surface area contributed by atoms with Crippen molar-refractivity contribution < 1.29 is 9.90 Å². The first-order valence-corrected chi connectivity index (χ1v) is 3.81. The van der Waals surface area contributed by atoms with Gasteiger partial charge in [-0.15, -0.1) is 12.4 Å². The number of hydrogen-bond donors (Lipinski definition) is 1. The fraction of sp³-hybridized carbons (Fsp3) is 0.625. The lowest BCUT2D eigenvalue weighted by molar-refractivity contribution is -0.131. The van der Waals surface area contributed by atoms with Crippen molar-refractivity contribution in [1.82, 2.24) is 4.90 Å². The molecule has 1 aliphatic rings. The van der Waals surface area contributed by atoms with Gasteiger partial charge >= 0.3 is 5.97 Å². The van der Waals surface area contributed by atoms with E-state index in [4.69, 9.17) is 5.11 Å². The maximum atomic E-state index is 10.2. The Kier molecular flexibility index (Phi) is 4.93. The number of likely N-dealkylation sites (tertiary alicyclic amines) is 1. The Labute approximate surface area is 78.5 Å². The van der Waals surface area contributed by atoms with Crippen LogP contribution in [0.2, 0.25) is 0 Å². The summed E-state index contributed by atoms with van der Waals surface area (Å²) in [6.07, 6.45) is 5.24. The molecule has 70 valence electrons. The number of aliphatic carboxylic acids is 1. The van der Waals surface area contributed by atoms with Gasteiger partial charge in [-0.05, 0) is 26.4 Å². The van der Waals surface area contributed by atoms with E-state index in [1.54, 1.807) is 6.08 Å². The van der Waals surface area contributed by atoms with Crippen LogP contribution in [0.15, 0.2) is 12.2 Å². The minimum atomic E-state index is -0.856. The van der Waals surface area contributed by atoms with Crippen LogP contribution in [0.1, 0.15) is 12.8 Å². The van der Waals surface area contributed by atoms with Crippen LogP contribution in [0.5, 0.6) is 0 Å². The molecular weight excluding hydrogens is 178 g/mol. The van der Waals surface area contributed by atoms with E-state index in [2.05, 4.69) is 4.90 Å². The molecule has 0 aromatic rings. The first-order valence-electron chi connectivity index (χ1n) is 3.81. The molecule has 0 amide bonds. The summed E-state index contributed by atoms with van der Waals surface area (Å²) in [5.74, 6) is -0.856. The molecule has 1 N–H and O–H groups in total. The Morgan fingerprint density at radius 3 is 2.75 bits per heavy atom. The Hall–Kier alpha value is -0.540. The van der Waals surface area contributed by atoms with Crippen molar-refractivity contribution >= 4 is 18.4 Å². The van der Waals surface area contributed by atoms with Crippen molar-refractivity contribution in [1.29, 1.82) is 0 Å². The zero-order chi connectivity index (χ0) is 8.27. The Balaban J connectivity index is 0.00000121. The van der Waals surface area contributed by atoms with E-state index in [1.165, 1.54) is 12.5 Å². The summed E-state index contributed by atoms with van der Waals surface area (Å²) in [5, 5.41) is 8.35. The Morgan fingerprint density at radius 1 is 1.67 bits per heavy atom. The van der Waals surface area contributed by atoms with Crippen LogP contribution in [-0.2, 0) is 4.79 Å². The molecule has 0 aromatic carbocycles. The number of halogens is 1. The lowest BCUT2D eigenvalue weighted by Crippen LogP contribution is -2.22. The zero-order valence-corrected chi connectivity index (χ0v) is 7.88. The van der Waals surface area contributed by atoms with Crippen molar-refractivity contribution in [3.05, 3.63) is 12.2 Å². The minimum Gasteiger partial charge on any atom is -0.478 e. The Morgan fingerprint density at radius 2 is 2.33 bits per heavy atom. The van der Waals surface area contributed by atoms with Gasteiger partial charge in [-0.25, -0.2) is 4.79 Å². The monoisotopic (exact) mass is 191 g/mol. The van der Waals surface area contributed by atoms with Crippen LogP contribution in [0, 0.1) is 0 Å². The number of carboxylic acids is 1. The molecule has 1 rings (SSSR count). The van der Waals surface area contributed by atoms with Crippen molar-refractivity contribution in [2.45, 2.75) is 18.9 Å². The normalized spacial score (nSPS) is 24.2. The minimum absolute atomic E-state index is 0. The third kappa shape index (κ3) is 3.24. The summed E-state index contributed by atoms with van der Waals surface area (Å²) in [6.45, 7) is 1.08. The van der Waals surface area contributed by atoms with Gasteiger partial charge in [0.25, 0.3) is 0 Å². The van der Waals surface area contributed by atoms with E-state index in [0.29, 0.717) is 6.04 Å². The highest BCUT2D eigenvalue weighted by Crippen LogP contribution is 2.15. The van der Waals surface area contributed by atoms with Crippen LogP contribution >= 0.6 is 12.4 Å². The lowest BCUT2D eigenvalue weighted by Gasteiger charge is -2.14. The van der Waals surface area contributed by atoms with Gasteiger partial charge in [0.1, 0.15) is 0 Å². The standard InChI is InChI=1S/C8H13NO2.ClH/c1-9-6-2-3-7(9)4-5-8(10)11;/h4-5,7H,2-3,6H2,1H3,(H,10,11);1H/t7-;/m1./s1. The SMILES string of the molecule is CN1CCC[C@@H]1C=CC(=O)O.Cl. The predicted molar refractivity (Wildman–Crippen MR) is 49.7 cm³/mol. The van der Waals surface area contributed by atoms with Gasteiger partial charge < -0.3 is 5.11 Å². The highest BCUT2D eigenvalue weighted by Gasteiger charge is 2.17. The molecule has 3 nitrogen and oxygen atoms in total. The number of carbonyl (C=O) groups is 1. The molecule has 1 heterocycles. The van der Waals surface area contributed by atoms with E-state index in [1.807, 2.05) is 7.05 Å². The van der Waals surface area contributed by atoms with E-state index in [0.717, 1.165) is 13.0 Å². The van der Waals surface area contributed by atoms with Crippen LogP contribution < -0.4 is 0 Å². The van der Waals surface area contributed by atoms with Crippen LogP contribution in [0.3, 0.4) is 0 Å². The van der Waals surface area contributed by atoms with Gasteiger partial charge in [0.15, 0.2) is 0 Å². The van der Waals surface area contributed by atoms with Gasteiger partial charge in [0.2, 0.25) is 0 Å². The summed E-state index contributed by atoms with van der Waals surface area (Å²) in [5.41, 5.74) is 0. The lowest BCUT2D eigenvalue weighted by atomic mass is 10.2. The molecule has 1 aliphatic heterocycles. The molecule has 0 spiro atoms. The van der Waals surface area contributed by atoms with E-state index >= 15 is 0 Å². The molecule has 0 aromatic heterocycles. The average molecular weight is 192 g/mol. The summed E-state index contributed by atoms with van der Waals surface area (Å²) in [7, 11) is 2.02.